The molecule has 3 aromatic carbocycles. The molecule has 0 unspecified atom stereocenters. The average molecular weight is 446 g/mol. The largest absolute Gasteiger partial charge is 0.497 e. The number of hydrogen-bond donors (Lipinski definition) is 0. The Morgan fingerprint density at radius 3 is 2.42 bits per heavy atom. The molecular formula is C25H17Cl2N3O. The van der Waals surface area contributed by atoms with Crippen LogP contribution >= 0.6 is 23.2 Å². The van der Waals surface area contributed by atoms with E-state index < -0.39 is 0 Å². The van der Waals surface area contributed by atoms with Crippen LogP contribution < -0.4 is 4.74 Å². The lowest BCUT2D eigenvalue weighted by molar-refractivity contribution is 0.415. The van der Waals surface area contributed by atoms with Gasteiger partial charge in [0, 0.05) is 27.9 Å². The zero-order valence-electron chi connectivity index (χ0n) is 16.6. The maximum atomic E-state index is 9.83. The molecule has 0 bridgehead atoms. The number of hydrogen-bond acceptors (Lipinski definition) is 3. The number of allylic oxidation sites excluding steroid dienone is 1. The summed E-state index contributed by atoms with van der Waals surface area (Å²) in [6.45, 7) is 0. The Kier molecular flexibility index (Phi) is 6.08. The first-order valence-corrected chi connectivity index (χ1v) is 10.2. The van der Waals surface area contributed by atoms with E-state index in [1.54, 1.807) is 36.1 Å². The van der Waals surface area contributed by atoms with Gasteiger partial charge in [0.15, 0.2) is 0 Å². The molecule has 0 aliphatic rings. The third-order valence-corrected chi connectivity index (χ3v) is 5.32. The second kappa shape index (κ2) is 9.09. The molecule has 0 amide bonds. The van der Waals surface area contributed by atoms with E-state index in [2.05, 4.69) is 6.07 Å². The molecule has 1 heterocycles. The maximum Gasteiger partial charge on any atom is 0.118 e. The summed E-state index contributed by atoms with van der Waals surface area (Å²) in [6, 6.07) is 24.8. The summed E-state index contributed by atoms with van der Waals surface area (Å²) < 4.78 is 7.06. The van der Waals surface area contributed by atoms with Gasteiger partial charge in [-0.2, -0.15) is 10.4 Å². The Morgan fingerprint density at radius 1 is 1.03 bits per heavy atom. The van der Waals surface area contributed by atoms with Crippen molar-refractivity contribution in [1.82, 2.24) is 9.78 Å². The van der Waals surface area contributed by atoms with Crippen molar-refractivity contribution < 1.29 is 4.74 Å². The van der Waals surface area contributed by atoms with Crippen molar-refractivity contribution in [2.45, 2.75) is 0 Å². The second-order valence-corrected chi connectivity index (χ2v) is 7.58. The van der Waals surface area contributed by atoms with Crippen LogP contribution in [0.2, 0.25) is 10.0 Å². The van der Waals surface area contributed by atoms with Crippen molar-refractivity contribution in [3.05, 3.63) is 100 Å². The van der Waals surface area contributed by atoms with Gasteiger partial charge in [-0.25, -0.2) is 4.68 Å². The average Bonchev–Trinajstić information content (AvgIpc) is 3.22. The molecule has 152 valence electrons. The number of nitriles is 1. The van der Waals surface area contributed by atoms with Gasteiger partial charge in [0.25, 0.3) is 0 Å². The van der Waals surface area contributed by atoms with E-state index in [-0.39, 0.29) is 0 Å². The molecule has 0 fully saturated rings. The van der Waals surface area contributed by atoms with Crippen LogP contribution in [0.25, 0.3) is 28.6 Å². The lowest BCUT2D eigenvalue weighted by atomic mass is 10.0. The van der Waals surface area contributed by atoms with Crippen molar-refractivity contribution in [3.63, 3.8) is 0 Å². The van der Waals surface area contributed by atoms with Gasteiger partial charge in [0.05, 0.1) is 35.2 Å². The zero-order chi connectivity index (χ0) is 21.8. The molecule has 0 atom stereocenters. The van der Waals surface area contributed by atoms with Crippen molar-refractivity contribution >= 4 is 34.9 Å². The van der Waals surface area contributed by atoms with Crippen LogP contribution in [0.15, 0.2) is 79.0 Å². The molecule has 4 rings (SSSR count). The molecule has 1 aromatic heterocycles. The van der Waals surface area contributed by atoms with Crippen molar-refractivity contribution in [2.75, 3.05) is 7.11 Å². The van der Waals surface area contributed by atoms with Gasteiger partial charge in [-0.3, -0.25) is 0 Å². The van der Waals surface area contributed by atoms with Gasteiger partial charge in [-0.1, -0.05) is 47.5 Å². The Balaban J connectivity index is 1.87. The summed E-state index contributed by atoms with van der Waals surface area (Å²) in [6.07, 6.45) is 3.69. The fraction of sp³-hybridized carbons (Fsp3) is 0.0400. The Labute approximate surface area is 190 Å². The number of rotatable bonds is 5. The number of benzene rings is 3. The number of para-hydroxylation sites is 1. The molecule has 0 saturated carbocycles. The van der Waals surface area contributed by atoms with Crippen LogP contribution in [-0.4, -0.2) is 16.9 Å². The molecule has 0 aliphatic heterocycles. The minimum atomic E-state index is 0.418. The van der Waals surface area contributed by atoms with Crippen molar-refractivity contribution in [1.29, 1.82) is 5.26 Å². The van der Waals surface area contributed by atoms with Gasteiger partial charge in [0.2, 0.25) is 0 Å². The summed E-state index contributed by atoms with van der Waals surface area (Å²) in [5.41, 5.74) is 4.38. The SMILES string of the molecule is COc1ccc(-c2nn(-c3ccccc3)cc2C=C(C#N)c2ccc(Cl)cc2Cl)cc1. The lowest BCUT2D eigenvalue weighted by Crippen LogP contribution is -1.94. The minimum Gasteiger partial charge on any atom is -0.497 e. The van der Waals surface area contributed by atoms with Crippen LogP contribution in [0.5, 0.6) is 5.75 Å². The second-order valence-electron chi connectivity index (χ2n) is 6.74. The van der Waals surface area contributed by atoms with Crippen LogP contribution in [0.3, 0.4) is 0 Å². The van der Waals surface area contributed by atoms with Crippen LogP contribution in [-0.2, 0) is 0 Å². The maximum absolute atomic E-state index is 9.83. The topological polar surface area (TPSA) is 50.8 Å². The first-order valence-electron chi connectivity index (χ1n) is 9.46. The Hall–Kier alpha value is -3.52. The van der Waals surface area contributed by atoms with E-state index in [0.717, 1.165) is 28.3 Å². The third kappa shape index (κ3) is 4.49. The first-order chi connectivity index (χ1) is 15.1. The monoisotopic (exact) mass is 445 g/mol. The number of methoxy groups -OCH3 is 1. The molecular weight excluding hydrogens is 429 g/mol. The molecule has 0 saturated heterocycles. The predicted molar refractivity (Wildman–Crippen MR) is 125 cm³/mol. The molecule has 0 aliphatic carbocycles. The predicted octanol–water partition coefficient (Wildman–Crippen LogP) is 6.92. The fourth-order valence-electron chi connectivity index (χ4n) is 3.21. The van der Waals surface area contributed by atoms with Crippen LogP contribution in [0.1, 0.15) is 11.1 Å². The first kappa shape index (κ1) is 20.7. The quantitative estimate of drug-likeness (QED) is 0.313. The summed E-state index contributed by atoms with van der Waals surface area (Å²) in [5, 5.41) is 15.6. The van der Waals surface area contributed by atoms with Gasteiger partial charge >= 0.3 is 0 Å². The minimum absolute atomic E-state index is 0.418. The molecule has 0 radical (unpaired) electrons. The van der Waals surface area contributed by atoms with E-state index in [9.17, 15) is 5.26 Å². The zero-order valence-corrected chi connectivity index (χ0v) is 18.1. The van der Waals surface area contributed by atoms with Crippen LogP contribution in [0, 0.1) is 11.3 Å². The molecule has 0 spiro atoms. The number of nitrogens with zero attached hydrogens (tertiary/aromatic N) is 3. The number of aromatic nitrogens is 2. The highest BCUT2D eigenvalue weighted by molar-refractivity contribution is 6.36. The van der Waals surface area contributed by atoms with E-state index in [0.29, 0.717) is 21.2 Å². The summed E-state index contributed by atoms with van der Waals surface area (Å²) in [5.74, 6) is 0.758. The molecule has 4 aromatic rings. The van der Waals surface area contributed by atoms with Gasteiger partial charge < -0.3 is 4.74 Å². The highest BCUT2D eigenvalue weighted by Crippen LogP contribution is 2.32. The van der Waals surface area contributed by atoms with E-state index in [1.807, 2.05) is 60.8 Å². The normalized spacial score (nSPS) is 11.2. The molecule has 0 N–H and O–H groups in total. The standard InChI is InChI=1S/C25H17Cl2N3O/c1-31-22-10-7-17(8-11-22)25-19(16-30(29-25)21-5-3-2-4-6-21)13-18(15-28)23-12-9-20(26)14-24(23)27/h2-14,16H,1H3. The van der Waals surface area contributed by atoms with E-state index in [1.165, 1.54) is 0 Å². The lowest BCUT2D eigenvalue weighted by Gasteiger charge is -2.05. The number of halogens is 2. The van der Waals surface area contributed by atoms with Gasteiger partial charge in [-0.15, -0.1) is 0 Å². The van der Waals surface area contributed by atoms with Gasteiger partial charge in [0.1, 0.15) is 5.75 Å². The highest BCUT2D eigenvalue weighted by atomic mass is 35.5. The smallest absolute Gasteiger partial charge is 0.118 e. The highest BCUT2D eigenvalue weighted by Gasteiger charge is 2.14. The summed E-state index contributed by atoms with van der Waals surface area (Å²) >= 11 is 12.4. The molecule has 31 heavy (non-hydrogen) atoms. The fourth-order valence-corrected chi connectivity index (χ4v) is 3.72. The molecule has 4 nitrogen and oxygen atoms in total. The summed E-state index contributed by atoms with van der Waals surface area (Å²) in [7, 11) is 1.63. The Morgan fingerprint density at radius 2 is 1.77 bits per heavy atom. The number of ether oxygens (including phenoxy) is 1. The van der Waals surface area contributed by atoms with Crippen molar-refractivity contribution in [3.8, 4) is 28.8 Å². The van der Waals surface area contributed by atoms with E-state index >= 15 is 0 Å². The molecule has 6 heteroatoms. The van der Waals surface area contributed by atoms with E-state index in [4.69, 9.17) is 33.0 Å². The van der Waals surface area contributed by atoms with Crippen molar-refractivity contribution in [2.24, 2.45) is 0 Å². The summed E-state index contributed by atoms with van der Waals surface area (Å²) in [4.78, 5) is 0. The van der Waals surface area contributed by atoms with Crippen LogP contribution in [0.4, 0.5) is 0 Å². The Bertz CT molecular complexity index is 1290. The van der Waals surface area contributed by atoms with Gasteiger partial charge in [-0.05, 0) is 54.6 Å². The third-order valence-electron chi connectivity index (χ3n) is 4.77.